The molecule has 0 fully saturated rings. The van der Waals surface area contributed by atoms with Gasteiger partial charge in [-0.25, -0.2) is 9.59 Å². The van der Waals surface area contributed by atoms with Gasteiger partial charge in [0.2, 0.25) is 0 Å². The van der Waals surface area contributed by atoms with Crippen LogP contribution in [0, 0.1) is 0 Å². The summed E-state index contributed by atoms with van der Waals surface area (Å²) in [7, 11) is 0. The third-order valence-corrected chi connectivity index (χ3v) is 3.43. The molecule has 3 N–H and O–H groups in total. The number of imide groups is 1. The Hall–Kier alpha value is -2.74. The first-order chi connectivity index (χ1) is 11.9. The third kappa shape index (κ3) is 5.39. The Morgan fingerprint density at radius 2 is 2.04 bits per heavy atom. The van der Waals surface area contributed by atoms with Crippen LogP contribution in [0.3, 0.4) is 0 Å². The van der Waals surface area contributed by atoms with Gasteiger partial charge < -0.3 is 19.9 Å². The van der Waals surface area contributed by atoms with E-state index < -0.39 is 24.0 Å². The molecule has 0 aliphatic carbocycles. The van der Waals surface area contributed by atoms with Crippen LogP contribution in [0.4, 0.5) is 4.79 Å². The van der Waals surface area contributed by atoms with Gasteiger partial charge in [-0.2, -0.15) is 0 Å². The van der Waals surface area contributed by atoms with Gasteiger partial charge in [0.15, 0.2) is 17.6 Å². The van der Waals surface area contributed by atoms with Gasteiger partial charge in [0.25, 0.3) is 5.91 Å². The van der Waals surface area contributed by atoms with Gasteiger partial charge in [0.05, 0.1) is 18.2 Å². The molecular weight excluding hydrogens is 352 g/mol. The number of esters is 1. The highest BCUT2D eigenvalue weighted by Gasteiger charge is 2.18. The van der Waals surface area contributed by atoms with Crippen molar-refractivity contribution in [1.82, 2.24) is 5.32 Å². The van der Waals surface area contributed by atoms with E-state index in [4.69, 9.17) is 31.5 Å². The first-order valence-corrected chi connectivity index (χ1v) is 7.82. The zero-order chi connectivity index (χ0) is 18.4. The Labute approximate surface area is 148 Å². The summed E-state index contributed by atoms with van der Waals surface area (Å²) in [6.45, 7) is 2.33. The molecule has 0 saturated heterocycles. The second kappa shape index (κ2) is 8.39. The van der Waals surface area contributed by atoms with Crippen LogP contribution in [0.25, 0.3) is 6.08 Å². The molecule has 0 radical (unpaired) electrons. The second-order valence-corrected chi connectivity index (χ2v) is 5.55. The van der Waals surface area contributed by atoms with Crippen LogP contribution in [0.15, 0.2) is 18.2 Å². The number of nitrogens with two attached hydrogens (primary N) is 1. The van der Waals surface area contributed by atoms with Crippen molar-refractivity contribution in [3.8, 4) is 11.5 Å². The molecule has 9 heteroatoms. The zero-order valence-corrected chi connectivity index (χ0v) is 14.2. The van der Waals surface area contributed by atoms with Gasteiger partial charge in [-0.3, -0.25) is 10.1 Å². The van der Waals surface area contributed by atoms with E-state index in [2.05, 4.69) is 0 Å². The summed E-state index contributed by atoms with van der Waals surface area (Å²) >= 11 is 6.16. The number of urea groups is 1. The minimum absolute atomic E-state index is 0.363. The number of hydrogen-bond donors (Lipinski definition) is 2. The lowest BCUT2D eigenvalue weighted by molar-refractivity contribution is -0.149. The van der Waals surface area contributed by atoms with Crippen molar-refractivity contribution in [1.29, 1.82) is 0 Å². The van der Waals surface area contributed by atoms with Crippen LogP contribution in [-0.4, -0.2) is 37.2 Å². The standard InChI is InChI=1S/C16H17ClN2O6/c1-9(15(21)19-16(18)22)25-13(20)4-3-10-7-11(17)14-12(8-10)23-5-2-6-24-14/h3-4,7-9H,2,5-6H2,1H3,(H3,18,19,21,22)/b4-3+/t9-/m1/s1. The minimum Gasteiger partial charge on any atom is -0.489 e. The van der Waals surface area contributed by atoms with Gasteiger partial charge in [-0.05, 0) is 30.7 Å². The monoisotopic (exact) mass is 368 g/mol. The number of rotatable bonds is 4. The van der Waals surface area contributed by atoms with Gasteiger partial charge in [-0.1, -0.05) is 11.6 Å². The maximum Gasteiger partial charge on any atom is 0.331 e. The van der Waals surface area contributed by atoms with E-state index in [0.717, 1.165) is 12.5 Å². The van der Waals surface area contributed by atoms with Crippen molar-refractivity contribution in [2.75, 3.05) is 13.2 Å². The van der Waals surface area contributed by atoms with Crippen LogP contribution >= 0.6 is 11.6 Å². The molecule has 1 atom stereocenters. The maximum absolute atomic E-state index is 11.8. The van der Waals surface area contributed by atoms with Gasteiger partial charge in [0, 0.05) is 12.5 Å². The average Bonchev–Trinajstić information content (AvgIpc) is 2.78. The second-order valence-electron chi connectivity index (χ2n) is 5.15. The number of hydrogen-bond acceptors (Lipinski definition) is 6. The maximum atomic E-state index is 11.8. The molecule has 2 rings (SSSR count). The molecule has 1 aromatic rings. The molecule has 0 spiro atoms. The van der Waals surface area contributed by atoms with E-state index >= 15 is 0 Å². The Bertz CT molecular complexity index is 719. The highest BCUT2D eigenvalue weighted by atomic mass is 35.5. The fourth-order valence-electron chi connectivity index (χ4n) is 2.00. The van der Waals surface area contributed by atoms with Crippen molar-refractivity contribution in [2.45, 2.75) is 19.4 Å². The predicted octanol–water partition coefficient (Wildman–Crippen LogP) is 1.64. The summed E-state index contributed by atoms with van der Waals surface area (Å²) in [4.78, 5) is 33.8. The normalized spacial score (nSPS) is 14.5. The van der Waals surface area contributed by atoms with Crippen LogP contribution in [0.2, 0.25) is 5.02 Å². The van der Waals surface area contributed by atoms with E-state index in [1.54, 1.807) is 12.1 Å². The number of carbonyl (C=O) groups excluding carboxylic acids is 3. The summed E-state index contributed by atoms with van der Waals surface area (Å²) in [5.74, 6) is -0.619. The summed E-state index contributed by atoms with van der Waals surface area (Å²) in [6.07, 6.45) is 2.16. The summed E-state index contributed by atoms with van der Waals surface area (Å²) in [6, 6.07) is 2.27. The Balaban J connectivity index is 2.02. The van der Waals surface area contributed by atoms with Crippen molar-refractivity contribution in [3.05, 3.63) is 28.8 Å². The molecule has 0 unspecified atom stereocenters. The molecule has 1 aromatic carbocycles. The Morgan fingerprint density at radius 1 is 1.32 bits per heavy atom. The lowest BCUT2D eigenvalue weighted by Gasteiger charge is -2.11. The largest absolute Gasteiger partial charge is 0.489 e. The number of fused-ring (bicyclic) bond motifs is 1. The number of benzene rings is 1. The van der Waals surface area contributed by atoms with E-state index in [0.29, 0.717) is 35.3 Å². The fraction of sp³-hybridized carbons (Fsp3) is 0.312. The fourth-order valence-corrected chi connectivity index (χ4v) is 2.27. The highest BCUT2D eigenvalue weighted by Crippen LogP contribution is 2.38. The third-order valence-electron chi connectivity index (χ3n) is 3.14. The van der Waals surface area contributed by atoms with E-state index in [1.165, 1.54) is 13.0 Å². The zero-order valence-electron chi connectivity index (χ0n) is 13.4. The number of ether oxygens (including phenoxy) is 3. The number of amides is 3. The van der Waals surface area contributed by atoms with Crippen LogP contribution in [0.5, 0.6) is 11.5 Å². The molecule has 0 bridgehead atoms. The predicted molar refractivity (Wildman–Crippen MR) is 89.4 cm³/mol. The molecule has 1 heterocycles. The van der Waals surface area contributed by atoms with Crippen LogP contribution in [0.1, 0.15) is 18.9 Å². The van der Waals surface area contributed by atoms with Crippen LogP contribution in [-0.2, 0) is 14.3 Å². The minimum atomic E-state index is -1.17. The molecule has 3 amide bonds. The molecular formula is C16H17ClN2O6. The number of carbonyl (C=O) groups is 3. The SMILES string of the molecule is C[C@@H](OC(=O)/C=C/c1cc(Cl)c2c(c1)OCCCO2)C(=O)NC(N)=O. The highest BCUT2D eigenvalue weighted by molar-refractivity contribution is 6.32. The van der Waals surface area contributed by atoms with Gasteiger partial charge in [0.1, 0.15) is 0 Å². The first kappa shape index (κ1) is 18.6. The lowest BCUT2D eigenvalue weighted by atomic mass is 10.2. The number of halogens is 1. The molecule has 25 heavy (non-hydrogen) atoms. The summed E-state index contributed by atoms with van der Waals surface area (Å²) < 4.78 is 15.9. The molecule has 1 aliphatic rings. The van der Waals surface area contributed by atoms with Crippen molar-refractivity contribution >= 4 is 35.6 Å². The van der Waals surface area contributed by atoms with Crippen molar-refractivity contribution in [3.63, 3.8) is 0 Å². The Morgan fingerprint density at radius 3 is 2.76 bits per heavy atom. The van der Waals surface area contributed by atoms with E-state index in [-0.39, 0.29) is 0 Å². The first-order valence-electron chi connectivity index (χ1n) is 7.45. The van der Waals surface area contributed by atoms with Crippen LogP contribution < -0.4 is 20.5 Å². The topological polar surface area (TPSA) is 117 Å². The van der Waals surface area contributed by atoms with E-state index in [9.17, 15) is 14.4 Å². The summed E-state index contributed by atoms with van der Waals surface area (Å²) in [5, 5.41) is 2.18. The van der Waals surface area contributed by atoms with Gasteiger partial charge >= 0.3 is 12.0 Å². The lowest BCUT2D eigenvalue weighted by Crippen LogP contribution is -2.42. The number of nitrogens with one attached hydrogen (secondary N) is 1. The quantitative estimate of drug-likeness (QED) is 0.616. The molecule has 134 valence electrons. The average molecular weight is 369 g/mol. The molecule has 0 aromatic heterocycles. The van der Waals surface area contributed by atoms with Gasteiger partial charge in [-0.15, -0.1) is 0 Å². The molecule has 1 aliphatic heterocycles. The van der Waals surface area contributed by atoms with Crippen molar-refractivity contribution in [2.24, 2.45) is 5.73 Å². The number of primary amides is 1. The van der Waals surface area contributed by atoms with E-state index in [1.807, 2.05) is 5.32 Å². The molecule has 8 nitrogen and oxygen atoms in total. The van der Waals surface area contributed by atoms with Crippen molar-refractivity contribution < 1.29 is 28.6 Å². The Kier molecular flexibility index (Phi) is 6.24. The molecule has 0 saturated carbocycles. The smallest absolute Gasteiger partial charge is 0.331 e. The summed E-state index contributed by atoms with van der Waals surface area (Å²) in [5.41, 5.74) is 5.42.